The van der Waals surface area contributed by atoms with Crippen LogP contribution in [0.3, 0.4) is 0 Å². The first-order valence-corrected chi connectivity index (χ1v) is 7.71. The van der Waals surface area contributed by atoms with E-state index >= 15 is 0 Å². The summed E-state index contributed by atoms with van der Waals surface area (Å²) >= 11 is 0. The molecule has 0 aromatic heterocycles. The van der Waals surface area contributed by atoms with Crippen molar-refractivity contribution >= 4 is 0 Å². The number of hydrogen-bond acceptors (Lipinski definition) is 2. The van der Waals surface area contributed by atoms with Crippen LogP contribution in [0.25, 0.3) is 0 Å². The van der Waals surface area contributed by atoms with Crippen molar-refractivity contribution in [2.75, 3.05) is 20.1 Å². The maximum Gasteiger partial charge on any atom is 0.123 e. The van der Waals surface area contributed by atoms with Gasteiger partial charge in [-0.25, -0.2) is 4.39 Å². The van der Waals surface area contributed by atoms with E-state index in [4.69, 9.17) is 0 Å². The topological polar surface area (TPSA) is 15.3 Å². The van der Waals surface area contributed by atoms with Crippen molar-refractivity contribution in [1.29, 1.82) is 0 Å². The van der Waals surface area contributed by atoms with Crippen LogP contribution in [-0.4, -0.2) is 31.1 Å². The predicted molar refractivity (Wildman–Crippen MR) is 82.1 cm³/mol. The molecule has 0 heterocycles. The lowest BCUT2D eigenvalue weighted by Gasteiger charge is -2.43. The van der Waals surface area contributed by atoms with Gasteiger partial charge in [0.1, 0.15) is 5.82 Å². The third-order valence-corrected chi connectivity index (χ3v) is 4.22. The van der Waals surface area contributed by atoms with Crippen LogP contribution in [-0.2, 0) is 6.54 Å². The highest BCUT2D eigenvalue weighted by Gasteiger charge is 2.33. The Morgan fingerprint density at radius 3 is 2.75 bits per heavy atom. The van der Waals surface area contributed by atoms with Crippen LogP contribution < -0.4 is 5.32 Å². The normalized spacial score (nSPS) is 22.3. The van der Waals surface area contributed by atoms with Crippen molar-refractivity contribution in [3.8, 4) is 0 Å². The molecule has 0 amide bonds. The standard InChI is InChI=1S/C17H27FN2/c1-13(2)10-19-11-15-7-8-17(15)20(3)12-14-5-4-6-16(18)9-14/h4-6,9,13,15,17,19H,7-8,10-12H2,1-3H3. The summed E-state index contributed by atoms with van der Waals surface area (Å²) in [7, 11) is 2.16. The van der Waals surface area contributed by atoms with Crippen molar-refractivity contribution in [2.24, 2.45) is 11.8 Å². The minimum Gasteiger partial charge on any atom is -0.316 e. The van der Waals surface area contributed by atoms with E-state index in [2.05, 4.69) is 31.1 Å². The molecule has 1 fully saturated rings. The molecule has 112 valence electrons. The highest BCUT2D eigenvalue weighted by atomic mass is 19.1. The van der Waals surface area contributed by atoms with Gasteiger partial charge < -0.3 is 5.32 Å². The molecule has 3 heteroatoms. The molecule has 1 aliphatic carbocycles. The second-order valence-corrected chi connectivity index (χ2v) is 6.50. The zero-order chi connectivity index (χ0) is 14.5. The maximum absolute atomic E-state index is 13.2. The number of nitrogens with one attached hydrogen (secondary N) is 1. The smallest absolute Gasteiger partial charge is 0.123 e. The van der Waals surface area contributed by atoms with Crippen molar-refractivity contribution in [2.45, 2.75) is 39.3 Å². The van der Waals surface area contributed by atoms with Crippen LogP contribution in [0.15, 0.2) is 24.3 Å². The van der Waals surface area contributed by atoms with E-state index in [9.17, 15) is 4.39 Å². The molecule has 0 radical (unpaired) electrons. The third kappa shape index (κ3) is 4.29. The van der Waals surface area contributed by atoms with E-state index in [1.807, 2.05) is 6.07 Å². The first-order chi connectivity index (χ1) is 9.56. The molecular weight excluding hydrogens is 251 g/mol. The molecule has 1 N–H and O–H groups in total. The first kappa shape index (κ1) is 15.5. The third-order valence-electron chi connectivity index (χ3n) is 4.22. The monoisotopic (exact) mass is 278 g/mol. The van der Waals surface area contributed by atoms with Gasteiger partial charge in [-0.15, -0.1) is 0 Å². The summed E-state index contributed by atoms with van der Waals surface area (Å²) in [5.41, 5.74) is 1.06. The molecule has 2 rings (SSSR count). The Morgan fingerprint density at radius 2 is 2.15 bits per heavy atom. The van der Waals surface area contributed by atoms with Crippen LogP contribution in [0.4, 0.5) is 4.39 Å². The highest BCUT2D eigenvalue weighted by molar-refractivity contribution is 5.16. The van der Waals surface area contributed by atoms with E-state index in [-0.39, 0.29) is 5.82 Å². The van der Waals surface area contributed by atoms with Gasteiger partial charge in [0.25, 0.3) is 0 Å². The lowest BCUT2D eigenvalue weighted by atomic mass is 9.78. The average Bonchev–Trinajstić information content (AvgIpc) is 2.32. The molecule has 1 aliphatic rings. The van der Waals surface area contributed by atoms with E-state index in [1.165, 1.54) is 18.9 Å². The number of halogens is 1. The summed E-state index contributed by atoms with van der Waals surface area (Å²) in [6, 6.07) is 7.58. The van der Waals surface area contributed by atoms with E-state index in [0.717, 1.165) is 31.1 Å². The minimum atomic E-state index is -0.139. The van der Waals surface area contributed by atoms with Crippen LogP contribution in [0.2, 0.25) is 0 Å². The molecule has 20 heavy (non-hydrogen) atoms. The van der Waals surface area contributed by atoms with Crippen molar-refractivity contribution in [1.82, 2.24) is 10.2 Å². The average molecular weight is 278 g/mol. The number of benzene rings is 1. The second kappa shape index (κ2) is 7.19. The molecule has 2 unspecified atom stereocenters. The van der Waals surface area contributed by atoms with Gasteiger partial charge in [0.05, 0.1) is 0 Å². The predicted octanol–water partition coefficient (Wildman–Crippen LogP) is 3.28. The number of nitrogens with zero attached hydrogens (tertiary/aromatic N) is 1. The summed E-state index contributed by atoms with van der Waals surface area (Å²) in [4.78, 5) is 2.37. The fraction of sp³-hybridized carbons (Fsp3) is 0.647. The quantitative estimate of drug-likeness (QED) is 0.823. The van der Waals surface area contributed by atoms with Crippen LogP contribution in [0, 0.1) is 17.7 Å². The van der Waals surface area contributed by atoms with Gasteiger partial charge in [-0.1, -0.05) is 26.0 Å². The molecule has 1 saturated carbocycles. The lowest BCUT2D eigenvalue weighted by Crippen LogP contribution is -2.48. The number of hydrogen-bond donors (Lipinski definition) is 1. The van der Waals surface area contributed by atoms with Gasteiger partial charge in [0, 0.05) is 12.6 Å². The molecule has 0 bridgehead atoms. The molecule has 0 saturated heterocycles. The zero-order valence-corrected chi connectivity index (χ0v) is 12.9. The van der Waals surface area contributed by atoms with Crippen molar-refractivity contribution in [3.63, 3.8) is 0 Å². The van der Waals surface area contributed by atoms with Gasteiger partial charge in [-0.2, -0.15) is 0 Å². The highest BCUT2D eigenvalue weighted by Crippen LogP contribution is 2.31. The molecule has 0 aliphatic heterocycles. The Hall–Kier alpha value is -0.930. The summed E-state index contributed by atoms with van der Waals surface area (Å²) < 4.78 is 13.2. The van der Waals surface area contributed by atoms with Gasteiger partial charge >= 0.3 is 0 Å². The Kier molecular flexibility index (Phi) is 5.55. The van der Waals surface area contributed by atoms with Crippen LogP contribution in [0.1, 0.15) is 32.3 Å². The molecule has 2 nitrogen and oxygen atoms in total. The second-order valence-electron chi connectivity index (χ2n) is 6.50. The fourth-order valence-electron chi connectivity index (χ4n) is 2.97. The summed E-state index contributed by atoms with van der Waals surface area (Å²) in [6.45, 7) is 7.51. The maximum atomic E-state index is 13.2. The van der Waals surface area contributed by atoms with Gasteiger partial charge in [-0.05, 0) is 62.5 Å². The number of rotatable bonds is 7. The molecular formula is C17H27FN2. The summed E-state index contributed by atoms with van der Waals surface area (Å²) in [5, 5.41) is 3.56. The Balaban J connectivity index is 1.79. The Labute approximate surface area is 122 Å². The molecule has 1 aromatic carbocycles. The van der Waals surface area contributed by atoms with Crippen molar-refractivity contribution < 1.29 is 4.39 Å². The molecule has 0 spiro atoms. The first-order valence-electron chi connectivity index (χ1n) is 7.71. The summed E-state index contributed by atoms with van der Waals surface area (Å²) in [5.74, 6) is 1.31. The largest absolute Gasteiger partial charge is 0.316 e. The van der Waals surface area contributed by atoms with E-state index in [0.29, 0.717) is 12.0 Å². The lowest BCUT2D eigenvalue weighted by molar-refractivity contribution is 0.0776. The SMILES string of the molecule is CC(C)CNCC1CCC1N(C)Cc1cccc(F)c1. The van der Waals surface area contributed by atoms with Crippen LogP contribution >= 0.6 is 0 Å². The van der Waals surface area contributed by atoms with E-state index < -0.39 is 0 Å². The van der Waals surface area contributed by atoms with Crippen molar-refractivity contribution in [3.05, 3.63) is 35.6 Å². The van der Waals surface area contributed by atoms with E-state index in [1.54, 1.807) is 12.1 Å². The van der Waals surface area contributed by atoms with Gasteiger partial charge in [0.2, 0.25) is 0 Å². The minimum absolute atomic E-state index is 0.139. The Morgan fingerprint density at radius 1 is 1.35 bits per heavy atom. The molecule has 2 atom stereocenters. The van der Waals surface area contributed by atoms with Crippen LogP contribution in [0.5, 0.6) is 0 Å². The van der Waals surface area contributed by atoms with Gasteiger partial charge in [-0.3, -0.25) is 4.90 Å². The Bertz CT molecular complexity index is 419. The summed E-state index contributed by atoms with van der Waals surface area (Å²) in [6.07, 6.45) is 2.57. The zero-order valence-electron chi connectivity index (χ0n) is 12.9. The fourth-order valence-corrected chi connectivity index (χ4v) is 2.97. The molecule has 1 aromatic rings. The van der Waals surface area contributed by atoms with Gasteiger partial charge in [0.15, 0.2) is 0 Å².